The van der Waals surface area contributed by atoms with Crippen LogP contribution in [0.15, 0.2) is 18.6 Å². The zero-order valence-electron chi connectivity index (χ0n) is 14.1. The molecule has 25 heavy (non-hydrogen) atoms. The van der Waals surface area contributed by atoms with Crippen LogP contribution in [0.5, 0.6) is 0 Å². The van der Waals surface area contributed by atoms with Crippen molar-refractivity contribution in [1.29, 1.82) is 0 Å². The fourth-order valence-corrected chi connectivity index (χ4v) is 4.46. The van der Waals surface area contributed by atoms with Crippen LogP contribution in [-0.4, -0.2) is 51.8 Å². The summed E-state index contributed by atoms with van der Waals surface area (Å²) in [6, 6.07) is 0. The van der Waals surface area contributed by atoms with Crippen molar-refractivity contribution in [3.8, 4) is 10.6 Å². The van der Waals surface area contributed by atoms with Crippen LogP contribution in [0.2, 0.25) is 0 Å². The molecule has 1 amide bonds. The van der Waals surface area contributed by atoms with E-state index >= 15 is 0 Å². The van der Waals surface area contributed by atoms with E-state index in [0.29, 0.717) is 5.41 Å². The van der Waals surface area contributed by atoms with E-state index in [4.69, 9.17) is 0 Å². The Morgan fingerprint density at radius 2 is 2.00 bits per heavy atom. The molecule has 1 N–H and O–H groups in total. The maximum Gasteiger partial charge on any atom is 0.265 e. The molecular formula is C16H23Cl2N5OS. The molecule has 0 radical (unpaired) electrons. The first-order valence-corrected chi connectivity index (χ1v) is 8.92. The average molecular weight is 404 g/mol. The molecule has 0 aliphatic carbocycles. The number of nitrogens with zero attached hydrogens (tertiary/aromatic N) is 4. The van der Waals surface area contributed by atoms with Crippen molar-refractivity contribution in [2.75, 3.05) is 26.2 Å². The highest BCUT2D eigenvalue weighted by molar-refractivity contribution is 7.16. The number of carbonyl (C=O) groups excluding carboxylic acids is 1. The van der Waals surface area contributed by atoms with Crippen LogP contribution in [0, 0.1) is 5.41 Å². The van der Waals surface area contributed by atoms with E-state index in [1.54, 1.807) is 17.1 Å². The molecular weight excluding hydrogens is 381 g/mol. The molecule has 0 unspecified atom stereocenters. The number of nitrogens with one attached hydrogen (secondary N) is 1. The van der Waals surface area contributed by atoms with Gasteiger partial charge in [0.05, 0.1) is 12.4 Å². The van der Waals surface area contributed by atoms with E-state index in [1.807, 2.05) is 18.1 Å². The van der Waals surface area contributed by atoms with Gasteiger partial charge in [-0.15, -0.1) is 36.2 Å². The average Bonchev–Trinajstić information content (AvgIpc) is 3.28. The summed E-state index contributed by atoms with van der Waals surface area (Å²) in [4.78, 5) is 19.8. The number of hydrogen-bond donors (Lipinski definition) is 1. The van der Waals surface area contributed by atoms with E-state index in [9.17, 15) is 4.79 Å². The monoisotopic (exact) mass is 403 g/mol. The number of thiazole rings is 1. The molecule has 1 spiro atoms. The Labute approximate surface area is 163 Å². The molecule has 2 aromatic rings. The smallest absolute Gasteiger partial charge is 0.265 e. The van der Waals surface area contributed by atoms with Crippen molar-refractivity contribution in [2.45, 2.75) is 19.3 Å². The summed E-state index contributed by atoms with van der Waals surface area (Å²) in [5, 5.41) is 8.48. The van der Waals surface area contributed by atoms with Crippen LogP contribution < -0.4 is 5.32 Å². The van der Waals surface area contributed by atoms with Gasteiger partial charge < -0.3 is 10.2 Å². The Kier molecular flexibility index (Phi) is 6.48. The minimum atomic E-state index is 0. The molecule has 2 aromatic heterocycles. The summed E-state index contributed by atoms with van der Waals surface area (Å²) >= 11 is 1.46. The van der Waals surface area contributed by atoms with Crippen LogP contribution >= 0.6 is 36.2 Å². The molecule has 2 saturated heterocycles. The zero-order chi connectivity index (χ0) is 15.9. The zero-order valence-corrected chi connectivity index (χ0v) is 16.6. The summed E-state index contributed by atoms with van der Waals surface area (Å²) in [6.07, 6.45) is 8.88. The van der Waals surface area contributed by atoms with E-state index in [-0.39, 0.29) is 30.7 Å². The molecule has 4 rings (SSSR count). The Morgan fingerprint density at radius 1 is 1.24 bits per heavy atom. The Balaban J connectivity index is 0.00000113. The van der Waals surface area contributed by atoms with Gasteiger partial charge in [-0.25, -0.2) is 4.98 Å². The van der Waals surface area contributed by atoms with E-state index in [0.717, 1.165) is 54.5 Å². The van der Waals surface area contributed by atoms with Crippen molar-refractivity contribution in [1.82, 2.24) is 25.0 Å². The van der Waals surface area contributed by atoms with Gasteiger partial charge in [-0.1, -0.05) is 0 Å². The van der Waals surface area contributed by atoms with Gasteiger partial charge in [-0.2, -0.15) is 5.10 Å². The van der Waals surface area contributed by atoms with Gasteiger partial charge in [0, 0.05) is 38.4 Å². The lowest BCUT2D eigenvalue weighted by Gasteiger charge is -2.38. The predicted octanol–water partition coefficient (Wildman–Crippen LogP) is 2.60. The first-order chi connectivity index (χ1) is 11.2. The van der Waals surface area contributed by atoms with E-state index in [1.165, 1.54) is 17.8 Å². The highest BCUT2D eigenvalue weighted by Crippen LogP contribution is 2.37. The van der Waals surface area contributed by atoms with Gasteiger partial charge in [0.1, 0.15) is 9.88 Å². The molecule has 0 aromatic carbocycles. The number of piperidine rings is 1. The van der Waals surface area contributed by atoms with Crippen LogP contribution in [0.25, 0.3) is 10.6 Å². The molecule has 0 atom stereocenters. The third kappa shape index (κ3) is 4.00. The normalized spacial score (nSPS) is 18.7. The van der Waals surface area contributed by atoms with Crippen molar-refractivity contribution >= 4 is 42.1 Å². The maximum absolute atomic E-state index is 12.7. The first kappa shape index (κ1) is 20.2. The summed E-state index contributed by atoms with van der Waals surface area (Å²) in [7, 11) is 1.88. The Bertz CT molecular complexity index is 716. The van der Waals surface area contributed by atoms with Gasteiger partial charge in [-0.05, 0) is 31.2 Å². The fourth-order valence-electron chi connectivity index (χ4n) is 3.60. The molecule has 4 heterocycles. The third-order valence-electron chi connectivity index (χ3n) is 5.11. The molecule has 2 aliphatic rings. The molecule has 6 nitrogen and oxygen atoms in total. The van der Waals surface area contributed by atoms with Gasteiger partial charge in [0.15, 0.2) is 0 Å². The van der Waals surface area contributed by atoms with Crippen LogP contribution in [0.3, 0.4) is 0 Å². The van der Waals surface area contributed by atoms with E-state index < -0.39 is 0 Å². The van der Waals surface area contributed by atoms with Crippen LogP contribution in [0.1, 0.15) is 28.9 Å². The van der Waals surface area contributed by atoms with Gasteiger partial charge >= 0.3 is 0 Å². The van der Waals surface area contributed by atoms with Crippen molar-refractivity contribution < 1.29 is 4.79 Å². The highest BCUT2D eigenvalue weighted by atomic mass is 35.5. The summed E-state index contributed by atoms with van der Waals surface area (Å²) in [5.41, 5.74) is 1.40. The first-order valence-electron chi connectivity index (χ1n) is 8.10. The summed E-state index contributed by atoms with van der Waals surface area (Å²) in [5.74, 6) is 0.124. The molecule has 2 fully saturated rings. The Morgan fingerprint density at radius 3 is 2.60 bits per heavy atom. The minimum absolute atomic E-state index is 0. The standard InChI is InChI=1S/C16H21N5OS.2ClH/c1-20-10-12(8-19-20)14-18-9-13(23-14)15(22)21-6-3-16(4-7-21)2-5-17-11-16;;/h8-10,17H,2-7,11H2,1H3;2*1H. The van der Waals surface area contributed by atoms with Gasteiger partial charge in [-0.3, -0.25) is 9.48 Å². The quantitative estimate of drug-likeness (QED) is 0.836. The third-order valence-corrected chi connectivity index (χ3v) is 6.15. The summed E-state index contributed by atoms with van der Waals surface area (Å²) in [6.45, 7) is 3.96. The van der Waals surface area contributed by atoms with Crippen molar-refractivity contribution in [2.24, 2.45) is 12.5 Å². The van der Waals surface area contributed by atoms with Crippen LogP contribution in [-0.2, 0) is 7.05 Å². The van der Waals surface area contributed by atoms with Gasteiger partial charge in [0.25, 0.3) is 5.91 Å². The second kappa shape index (κ2) is 8.03. The lowest BCUT2D eigenvalue weighted by atomic mass is 9.78. The predicted molar refractivity (Wildman–Crippen MR) is 104 cm³/mol. The van der Waals surface area contributed by atoms with Crippen molar-refractivity contribution in [3.05, 3.63) is 23.5 Å². The lowest BCUT2D eigenvalue weighted by molar-refractivity contribution is 0.0612. The second-order valence-electron chi connectivity index (χ2n) is 6.65. The van der Waals surface area contributed by atoms with Crippen molar-refractivity contribution in [3.63, 3.8) is 0 Å². The number of halogens is 2. The minimum Gasteiger partial charge on any atom is -0.338 e. The molecule has 138 valence electrons. The number of amides is 1. The maximum atomic E-state index is 12.7. The largest absolute Gasteiger partial charge is 0.338 e. The van der Waals surface area contributed by atoms with E-state index in [2.05, 4.69) is 15.4 Å². The Hall–Kier alpha value is -1.15. The number of carbonyl (C=O) groups is 1. The number of likely N-dealkylation sites (tertiary alicyclic amines) is 1. The number of rotatable bonds is 2. The topological polar surface area (TPSA) is 63.1 Å². The molecule has 2 aliphatic heterocycles. The SMILES string of the molecule is Cl.Cl.Cn1cc(-c2ncc(C(=O)N3CCC4(CCNC4)CC3)s2)cn1. The lowest BCUT2D eigenvalue weighted by Crippen LogP contribution is -2.43. The number of hydrogen-bond acceptors (Lipinski definition) is 5. The molecule has 9 heteroatoms. The molecule has 0 bridgehead atoms. The number of aromatic nitrogens is 3. The summed E-state index contributed by atoms with van der Waals surface area (Å²) < 4.78 is 1.75. The second-order valence-corrected chi connectivity index (χ2v) is 7.68. The van der Waals surface area contributed by atoms with Crippen LogP contribution in [0.4, 0.5) is 0 Å². The molecule has 0 saturated carbocycles. The number of aryl methyl sites for hydroxylation is 1. The van der Waals surface area contributed by atoms with Gasteiger partial charge in [0.2, 0.25) is 0 Å². The highest BCUT2D eigenvalue weighted by Gasteiger charge is 2.38. The fraction of sp³-hybridized carbons (Fsp3) is 0.562.